The summed E-state index contributed by atoms with van der Waals surface area (Å²) in [6.07, 6.45) is 2.04. The summed E-state index contributed by atoms with van der Waals surface area (Å²) in [5.41, 5.74) is 1.11. The topological polar surface area (TPSA) is 24.5 Å². The van der Waals surface area contributed by atoms with Crippen molar-refractivity contribution in [2.24, 2.45) is 0 Å². The Balaban J connectivity index is 1.93. The quantitative estimate of drug-likeness (QED) is 0.872. The van der Waals surface area contributed by atoms with Crippen LogP contribution in [0.25, 0.3) is 0 Å². The highest BCUT2D eigenvalue weighted by atomic mass is 35.5. The fourth-order valence-electron chi connectivity index (χ4n) is 2.53. The van der Waals surface area contributed by atoms with E-state index >= 15 is 0 Å². The van der Waals surface area contributed by atoms with E-state index in [1.54, 1.807) is 6.07 Å². The Morgan fingerprint density at radius 2 is 2.00 bits per heavy atom. The van der Waals surface area contributed by atoms with E-state index in [2.05, 4.69) is 10.2 Å². The molecule has 0 amide bonds. The molecule has 0 aliphatic carbocycles. The number of rotatable bonds is 6. The molecule has 1 aromatic rings. The van der Waals surface area contributed by atoms with Gasteiger partial charge in [-0.3, -0.25) is 0 Å². The largest absolute Gasteiger partial charge is 0.492 e. The third-order valence-electron chi connectivity index (χ3n) is 3.50. The first-order valence-electron chi connectivity index (χ1n) is 7.24. The Kier molecular flexibility index (Phi) is 6.43. The van der Waals surface area contributed by atoms with Crippen LogP contribution in [0, 0.1) is 0 Å². The highest BCUT2D eigenvalue weighted by Crippen LogP contribution is 2.33. The van der Waals surface area contributed by atoms with E-state index in [9.17, 15) is 0 Å². The smallest absolute Gasteiger partial charge is 0.141 e. The molecule has 1 heterocycles. The maximum Gasteiger partial charge on any atom is 0.141 e. The van der Waals surface area contributed by atoms with Crippen LogP contribution in [0.3, 0.4) is 0 Å². The zero-order chi connectivity index (χ0) is 14.4. The Labute approximate surface area is 131 Å². The van der Waals surface area contributed by atoms with E-state index < -0.39 is 0 Å². The van der Waals surface area contributed by atoms with Gasteiger partial charge in [0.2, 0.25) is 0 Å². The van der Waals surface area contributed by atoms with Crippen molar-refractivity contribution in [2.75, 3.05) is 39.3 Å². The van der Waals surface area contributed by atoms with Crippen molar-refractivity contribution in [2.45, 2.75) is 19.8 Å². The van der Waals surface area contributed by atoms with E-state index in [1.165, 1.54) is 0 Å². The molecular weight excluding hydrogens is 295 g/mol. The van der Waals surface area contributed by atoms with Gasteiger partial charge in [-0.25, -0.2) is 0 Å². The highest BCUT2D eigenvalue weighted by Gasteiger charge is 2.12. The molecule has 1 aliphatic rings. The van der Waals surface area contributed by atoms with Gasteiger partial charge in [0, 0.05) is 31.2 Å². The van der Waals surface area contributed by atoms with Crippen molar-refractivity contribution in [3.8, 4) is 5.75 Å². The van der Waals surface area contributed by atoms with Gasteiger partial charge >= 0.3 is 0 Å². The van der Waals surface area contributed by atoms with Crippen molar-refractivity contribution in [1.82, 2.24) is 10.2 Å². The number of hydrogen-bond donors (Lipinski definition) is 1. The fourth-order valence-corrected chi connectivity index (χ4v) is 3.12. The summed E-state index contributed by atoms with van der Waals surface area (Å²) in [5.74, 6) is 0.791. The van der Waals surface area contributed by atoms with E-state index in [0.29, 0.717) is 16.7 Å². The van der Waals surface area contributed by atoms with Gasteiger partial charge in [-0.05, 0) is 44.0 Å². The molecule has 3 nitrogen and oxygen atoms in total. The van der Waals surface area contributed by atoms with Gasteiger partial charge in [0.25, 0.3) is 0 Å². The van der Waals surface area contributed by atoms with Crippen LogP contribution in [-0.2, 0) is 6.42 Å². The van der Waals surface area contributed by atoms with Crippen LogP contribution in [0.15, 0.2) is 12.1 Å². The first-order valence-corrected chi connectivity index (χ1v) is 8.00. The zero-order valence-corrected chi connectivity index (χ0v) is 13.4. The minimum Gasteiger partial charge on any atom is -0.492 e. The maximum absolute atomic E-state index is 6.21. The monoisotopic (exact) mass is 316 g/mol. The van der Waals surface area contributed by atoms with Crippen LogP contribution in [0.1, 0.15) is 18.9 Å². The molecule has 1 saturated heterocycles. The number of nitrogens with one attached hydrogen (secondary N) is 1. The molecule has 1 fully saturated rings. The molecule has 1 aliphatic heterocycles. The van der Waals surface area contributed by atoms with E-state index in [0.717, 1.165) is 56.9 Å². The van der Waals surface area contributed by atoms with E-state index in [4.69, 9.17) is 27.9 Å². The molecule has 5 heteroatoms. The van der Waals surface area contributed by atoms with Crippen LogP contribution in [0.4, 0.5) is 0 Å². The highest BCUT2D eigenvalue weighted by molar-refractivity contribution is 6.35. The van der Waals surface area contributed by atoms with Gasteiger partial charge in [0.15, 0.2) is 0 Å². The summed E-state index contributed by atoms with van der Waals surface area (Å²) in [6.45, 7) is 8.14. The number of hydrogen-bond acceptors (Lipinski definition) is 3. The summed E-state index contributed by atoms with van der Waals surface area (Å²) in [4.78, 5) is 2.49. The Bertz CT molecular complexity index is 434. The number of ether oxygens (including phenoxy) is 1. The molecule has 0 unspecified atom stereocenters. The predicted molar refractivity (Wildman–Crippen MR) is 85.3 cm³/mol. The van der Waals surface area contributed by atoms with Gasteiger partial charge in [-0.1, -0.05) is 23.2 Å². The molecule has 0 spiro atoms. The predicted octanol–water partition coefficient (Wildman–Crippen LogP) is 3.23. The molecule has 0 bridgehead atoms. The van der Waals surface area contributed by atoms with Gasteiger partial charge in [0.05, 0.1) is 11.6 Å². The molecule has 0 atom stereocenters. The van der Waals surface area contributed by atoms with Gasteiger partial charge in [0.1, 0.15) is 5.75 Å². The number of piperazine rings is 1. The van der Waals surface area contributed by atoms with Crippen molar-refractivity contribution in [3.63, 3.8) is 0 Å². The van der Waals surface area contributed by atoms with Crippen LogP contribution in [0.5, 0.6) is 5.75 Å². The maximum atomic E-state index is 6.21. The number of halogens is 2. The lowest BCUT2D eigenvalue weighted by atomic mass is 10.1. The lowest BCUT2D eigenvalue weighted by Crippen LogP contribution is -2.43. The average molecular weight is 317 g/mol. The van der Waals surface area contributed by atoms with E-state index in [-0.39, 0.29) is 0 Å². The number of nitrogens with zero attached hydrogens (tertiary/aromatic N) is 1. The summed E-state index contributed by atoms with van der Waals surface area (Å²) < 4.78 is 5.65. The summed E-state index contributed by atoms with van der Waals surface area (Å²) in [5, 5.41) is 4.65. The SMILES string of the molecule is CCOc1c(Cl)cc(Cl)cc1CCCN1CCNCC1. The fraction of sp³-hybridized carbons (Fsp3) is 0.600. The van der Waals surface area contributed by atoms with Gasteiger partial charge in [-0.15, -0.1) is 0 Å². The third kappa shape index (κ3) is 4.52. The molecule has 1 N–H and O–H groups in total. The third-order valence-corrected chi connectivity index (χ3v) is 4.00. The average Bonchev–Trinajstić information content (AvgIpc) is 2.43. The van der Waals surface area contributed by atoms with Gasteiger partial charge in [-0.2, -0.15) is 0 Å². The molecular formula is C15H22Cl2N2O. The Morgan fingerprint density at radius 1 is 1.25 bits per heavy atom. The van der Waals surface area contributed by atoms with Crippen molar-refractivity contribution in [1.29, 1.82) is 0 Å². The Hall–Kier alpha value is -0.480. The van der Waals surface area contributed by atoms with E-state index in [1.807, 2.05) is 13.0 Å². The van der Waals surface area contributed by atoms with Crippen molar-refractivity contribution >= 4 is 23.2 Å². The minimum absolute atomic E-state index is 0.608. The summed E-state index contributed by atoms with van der Waals surface area (Å²) in [6, 6.07) is 3.71. The molecule has 2 rings (SSSR count). The Morgan fingerprint density at radius 3 is 2.70 bits per heavy atom. The van der Waals surface area contributed by atoms with Crippen LogP contribution in [0.2, 0.25) is 10.0 Å². The minimum atomic E-state index is 0.608. The summed E-state index contributed by atoms with van der Waals surface area (Å²) in [7, 11) is 0. The number of aryl methyl sites for hydroxylation is 1. The summed E-state index contributed by atoms with van der Waals surface area (Å²) >= 11 is 12.3. The normalized spacial score (nSPS) is 16.4. The zero-order valence-electron chi connectivity index (χ0n) is 11.9. The second-order valence-corrected chi connectivity index (χ2v) is 5.85. The molecule has 0 saturated carbocycles. The van der Waals surface area contributed by atoms with Crippen LogP contribution >= 0.6 is 23.2 Å². The molecule has 1 aromatic carbocycles. The molecule has 112 valence electrons. The lowest BCUT2D eigenvalue weighted by molar-refractivity contribution is 0.238. The first kappa shape index (κ1) is 15.9. The van der Waals surface area contributed by atoms with Crippen LogP contribution < -0.4 is 10.1 Å². The standard InChI is InChI=1S/C15H22Cl2N2O/c1-2-20-15-12(10-13(16)11-14(15)17)4-3-7-19-8-5-18-6-9-19/h10-11,18H,2-9H2,1H3. The first-order chi connectivity index (χ1) is 9.70. The molecule has 0 aromatic heterocycles. The van der Waals surface area contributed by atoms with Crippen molar-refractivity contribution in [3.05, 3.63) is 27.7 Å². The van der Waals surface area contributed by atoms with Gasteiger partial charge < -0.3 is 15.0 Å². The van der Waals surface area contributed by atoms with Crippen molar-refractivity contribution < 1.29 is 4.74 Å². The molecule has 20 heavy (non-hydrogen) atoms. The molecule has 0 radical (unpaired) electrons. The number of benzene rings is 1. The van der Waals surface area contributed by atoms with Crippen LogP contribution in [-0.4, -0.2) is 44.2 Å². The second kappa shape index (κ2) is 8.08. The second-order valence-electron chi connectivity index (χ2n) is 5.00. The lowest BCUT2D eigenvalue weighted by Gasteiger charge is -2.27.